The van der Waals surface area contributed by atoms with Crippen LogP contribution in [0, 0.1) is 11.8 Å². The van der Waals surface area contributed by atoms with Crippen LogP contribution < -0.4 is 0 Å². The number of carbonyl (C=O) groups excluding carboxylic acids is 6. The fourth-order valence-electron chi connectivity index (χ4n) is 5.59. The number of allylic oxidation sites excluding steroid dienone is 4. The van der Waals surface area contributed by atoms with E-state index in [4.69, 9.17) is 0 Å². The van der Waals surface area contributed by atoms with Crippen LogP contribution in [0.5, 0.6) is 0 Å². The molecule has 7 heteroatoms. The first-order valence-electron chi connectivity index (χ1n) is 18.9. The molecular weight excluding hydrogens is 699 g/mol. The topological polar surface area (TPSA) is 115 Å². The van der Waals surface area contributed by atoms with Crippen molar-refractivity contribution in [2.24, 2.45) is 11.8 Å². The molecule has 2 aromatic carbocycles. The van der Waals surface area contributed by atoms with Crippen molar-refractivity contribution in [2.45, 2.75) is 108 Å². The van der Waals surface area contributed by atoms with Gasteiger partial charge in [0.1, 0.15) is 23.0 Å². The number of nitrogens with zero attached hydrogens (tertiary/aromatic N) is 1. The quantitative estimate of drug-likeness (QED) is 0.141. The van der Waals surface area contributed by atoms with Crippen LogP contribution in [0.15, 0.2) is 98.6 Å². The minimum Gasteiger partial charge on any atom is -0.300 e. The van der Waals surface area contributed by atoms with Gasteiger partial charge in [-0.1, -0.05) is 104 Å². The second-order valence-corrected chi connectivity index (χ2v) is 14.4. The summed E-state index contributed by atoms with van der Waals surface area (Å²) in [5, 5.41) is 0. The van der Waals surface area contributed by atoms with Crippen LogP contribution in [0.2, 0.25) is 0 Å². The Hall–Kier alpha value is -5.43. The highest BCUT2D eigenvalue weighted by Gasteiger charge is 2.28. The van der Waals surface area contributed by atoms with Gasteiger partial charge in [-0.3, -0.25) is 19.2 Å². The second kappa shape index (κ2) is 26.4. The molecule has 1 heterocycles. The lowest BCUT2D eigenvalue weighted by atomic mass is 9.74. The van der Waals surface area contributed by atoms with Crippen molar-refractivity contribution in [1.29, 1.82) is 0 Å². The van der Waals surface area contributed by atoms with Gasteiger partial charge in [0.05, 0.1) is 5.69 Å². The summed E-state index contributed by atoms with van der Waals surface area (Å²) in [4.78, 5) is 68.8. The number of ketones is 6. The van der Waals surface area contributed by atoms with Crippen LogP contribution in [0.3, 0.4) is 0 Å². The molecule has 1 aliphatic rings. The molecule has 300 valence electrons. The van der Waals surface area contributed by atoms with Gasteiger partial charge in [0, 0.05) is 36.8 Å². The lowest BCUT2D eigenvalue weighted by Crippen LogP contribution is -2.25. The SMILES string of the molecule is C=C(C)C1CCCCC1C(C)=O.C=C(C)c1cccc(C(C)=O)c1.C=C(C)c1cccc(C(C)=O)n1.C=C(C)c1ccccc1C(C)=O.CC(=O)CCC(C)=O. The van der Waals surface area contributed by atoms with Crippen molar-refractivity contribution < 1.29 is 28.8 Å². The van der Waals surface area contributed by atoms with Gasteiger partial charge >= 0.3 is 0 Å². The average molecular weight is 762 g/mol. The van der Waals surface area contributed by atoms with E-state index in [0.29, 0.717) is 30.2 Å². The maximum atomic E-state index is 11.3. The van der Waals surface area contributed by atoms with E-state index in [2.05, 4.69) is 31.3 Å². The van der Waals surface area contributed by atoms with Crippen molar-refractivity contribution in [3.8, 4) is 0 Å². The third-order valence-corrected chi connectivity index (χ3v) is 8.83. The van der Waals surface area contributed by atoms with Crippen LogP contribution in [0.1, 0.15) is 156 Å². The van der Waals surface area contributed by atoms with E-state index in [-0.39, 0.29) is 34.8 Å². The molecule has 56 heavy (non-hydrogen) atoms. The van der Waals surface area contributed by atoms with Gasteiger partial charge in [-0.25, -0.2) is 4.98 Å². The van der Waals surface area contributed by atoms with Gasteiger partial charge in [-0.05, 0) is 116 Å². The van der Waals surface area contributed by atoms with Crippen molar-refractivity contribution in [2.75, 3.05) is 0 Å². The molecule has 0 amide bonds. The summed E-state index contributed by atoms with van der Waals surface area (Å²) >= 11 is 0. The van der Waals surface area contributed by atoms with Gasteiger partial charge < -0.3 is 9.59 Å². The molecule has 1 saturated carbocycles. The number of hydrogen-bond donors (Lipinski definition) is 0. The molecule has 0 bridgehead atoms. The lowest BCUT2D eigenvalue weighted by Gasteiger charge is -2.29. The number of rotatable bonds is 11. The number of Topliss-reactive ketones (excluding diaryl/α,β-unsaturated/α-hetero) is 6. The van der Waals surface area contributed by atoms with Crippen LogP contribution in [-0.2, 0) is 14.4 Å². The minimum absolute atomic E-state index is 0.0156. The fourth-order valence-corrected chi connectivity index (χ4v) is 5.59. The van der Waals surface area contributed by atoms with Crippen molar-refractivity contribution in [3.63, 3.8) is 0 Å². The van der Waals surface area contributed by atoms with Crippen molar-refractivity contribution in [1.82, 2.24) is 4.98 Å². The molecule has 1 aromatic heterocycles. The second-order valence-electron chi connectivity index (χ2n) is 14.4. The molecule has 0 spiro atoms. The Bertz CT molecular complexity index is 1700. The van der Waals surface area contributed by atoms with Gasteiger partial charge in [0.25, 0.3) is 0 Å². The molecule has 4 rings (SSSR count). The summed E-state index contributed by atoms with van der Waals surface area (Å²) in [6.45, 7) is 32.4. The summed E-state index contributed by atoms with van der Waals surface area (Å²) in [6, 6.07) is 20.4. The summed E-state index contributed by atoms with van der Waals surface area (Å²) in [5.74, 6) is 1.43. The predicted molar refractivity (Wildman–Crippen MR) is 233 cm³/mol. The van der Waals surface area contributed by atoms with E-state index in [0.717, 1.165) is 51.1 Å². The molecule has 2 unspecified atom stereocenters. The Balaban J connectivity index is 0.000000680. The number of benzene rings is 2. The highest BCUT2D eigenvalue weighted by Crippen LogP contribution is 2.34. The van der Waals surface area contributed by atoms with E-state index in [1.165, 1.54) is 45.6 Å². The summed E-state index contributed by atoms with van der Waals surface area (Å²) in [5.41, 5.74) is 8.73. The third kappa shape index (κ3) is 20.3. The Morgan fingerprint density at radius 2 is 1.00 bits per heavy atom. The molecule has 0 saturated heterocycles. The maximum Gasteiger partial charge on any atom is 0.178 e. The van der Waals surface area contributed by atoms with Crippen LogP contribution in [0.4, 0.5) is 0 Å². The predicted octanol–water partition coefficient (Wildman–Crippen LogP) is 12.1. The minimum atomic E-state index is -0.0156. The summed E-state index contributed by atoms with van der Waals surface area (Å²) < 4.78 is 0. The molecular formula is C49H63NO6. The Morgan fingerprint density at radius 3 is 1.38 bits per heavy atom. The zero-order valence-corrected chi connectivity index (χ0v) is 35.5. The third-order valence-electron chi connectivity index (χ3n) is 8.83. The number of pyridine rings is 1. The summed E-state index contributed by atoms with van der Waals surface area (Å²) in [7, 11) is 0. The lowest BCUT2D eigenvalue weighted by molar-refractivity contribution is -0.123. The smallest absolute Gasteiger partial charge is 0.178 e. The maximum absolute atomic E-state index is 11.3. The highest BCUT2D eigenvalue weighted by atomic mass is 16.1. The van der Waals surface area contributed by atoms with E-state index >= 15 is 0 Å². The molecule has 0 aliphatic heterocycles. The van der Waals surface area contributed by atoms with E-state index < -0.39 is 0 Å². The first kappa shape index (κ1) is 50.6. The Kier molecular flexibility index (Phi) is 23.8. The molecule has 0 radical (unpaired) electrons. The molecule has 0 N–H and O–H groups in total. The zero-order valence-electron chi connectivity index (χ0n) is 35.5. The fraction of sp³-hybridized carbons (Fsp3) is 0.367. The number of carbonyl (C=O) groups is 6. The van der Waals surface area contributed by atoms with E-state index in [9.17, 15) is 28.8 Å². The molecule has 3 aromatic rings. The monoisotopic (exact) mass is 761 g/mol. The standard InChI is InChI=1S/C11H12O.C11H18O.C11H12O.C10H11NO.C6H10O2/c1-8(2)10-5-4-6-11(7-10)9(3)12;2*1-8(2)10-6-4-5-7-11(10)9(3)12;1-7(2)9-5-4-6-10(11-9)8(3)12;1-5(7)3-4-6(2)8/h4-7H,1H2,2-3H3;10-11H,1,4-7H2,2-3H3;4-7H,1H2,2-3H3;4-6H,1H2,2-3H3;3-4H2,1-2H3. The first-order valence-corrected chi connectivity index (χ1v) is 18.9. The highest BCUT2D eigenvalue weighted by molar-refractivity contribution is 5.98. The zero-order chi connectivity index (χ0) is 43.1. The van der Waals surface area contributed by atoms with Crippen molar-refractivity contribution >= 4 is 51.4 Å². The van der Waals surface area contributed by atoms with Crippen LogP contribution >= 0.6 is 0 Å². The van der Waals surface area contributed by atoms with Crippen LogP contribution in [0.25, 0.3) is 16.7 Å². The van der Waals surface area contributed by atoms with Crippen molar-refractivity contribution in [3.05, 3.63) is 132 Å². The van der Waals surface area contributed by atoms with Gasteiger partial charge in [-0.2, -0.15) is 0 Å². The largest absolute Gasteiger partial charge is 0.300 e. The van der Waals surface area contributed by atoms with Gasteiger partial charge in [0.2, 0.25) is 0 Å². The van der Waals surface area contributed by atoms with Gasteiger partial charge in [-0.15, -0.1) is 0 Å². The molecule has 2 atom stereocenters. The number of aromatic nitrogens is 1. The van der Waals surface area contributed by atoms with E-state index in [1.807, 2.05) is 88.4 Å². The molecule has 1 aliphatic carbocycles. The van der Waals surface area contributed by atoms with Gasteiger partial charge in [0.15, 0.2) is 17.3 Å². The average Bonchev–Trinajstić information content (AvgIpc) is 3.15. The normalized spacial score (nSPS) is 13.8. The number of hydrogen-bond acceptors (Lipinski definition) is 7. The summed E-state index contributed by atoms with van der Waals surface area (Å²) in [6.07, 6.45) is 5.52. The molecule has 7 nitrogen and oxygen atoms in total. The van der Waals surface area contributed by atoms with Crippen LogP contribution in [-0.4, -0.2) is 39.7 Å². The first-order chi connectivity index (χ1) is 26.1. The Labute approximate surface area is 336 Å². The van der Waals surface area contributed by atoms with E-state index in [1.54, 1.807) is 26.8 Å². The Morgan fingerprint density at radius 1 is 0.518 bits per heavy atom. The molecule has 1 fully saturated rings.